The maximum atomic E-state index is 12.0. The van der Waals surface area contributed by atoms with E-state index < -0.39 is 0 Å². The SMILES string of the molecule is Nc1nc(C(=O)Nc2ccc3c(c2)OCCCO3)cs1. The molecule has 20 heavy (non-hydrogen) atoms. The van der Waals surface area contributed by atoms with Gasteiger partial charge in [0.15, 0.2) is 16.6 Å². The number of carbonyl (C=O) groups excluding carboxylic acids is 1. The van der Waals surface area contributed by atoms with E-state index in [1.165, 1.54) is 11.3 Å². The molecule has 0 aliphatic carbocycles. The first-order valence-corrected chi connectivity index (χ1v) is 7.02. The number of nitrogen functional groups attached to an aromatic ring is 1. The van der Waals surface area contributed by atoms with Crippen LogP contribution in [0.3, 0.4) is 0 Å². The van der Waals surface area contributed by atoms with Crippen LogP contribution in [0.1, 0.15) is 16.9 Å². The summed E-state index contributed by atoms with van der Waals surface area (Å²) in [4.78, 5) is 15.9. The number of thiazole rings is 1. The van der Waals surface area contributed by atoms with Gasteiger partial charge in [-0.05, 0) is 12.1 Å². The molecule has 3 N–H and O–H groups in total. The number of fused-ring (bicyclic) bond motifs is 1. The van der Waals surface area contributed by atoms with Crippen LogP contribution in [0, 0.1) is 0 Å². The van der Waals surface area contributed by atoms with Gasteiger partial charge in [0, 0.05) is 23.6 Å². The Labute approximate surface area is 119 Å². The van der Waals surface area contributed by atoms with Gasteiger partial charge >= 0.3 is 0 Å². The van der Waals surface area contributed by atoms with Gasteiger partial charge in [0.05, 0.1) is 13.2 Å². The van der Waals surface area contributed by atoms with Crippen LogP contribution >= 0.6 is 11.3 Å². The Morgan fingerprint density at radius 2 is 2.10 bits per heavy atom. The fraction of sp³-hybridized carbons (Fsp3) is 0.231. The van der Waals surface area contributed by atoms with Crippen molar-refractivity contribution >= 4 is 28.1 Å². The van der Waals surface area contributed by atoms with Crippen LogP contribution in [0.2, 0.25) is 0 Å². The van der Waals surface area contributed by atoms with Crippen molar-refractivity contribution in [2.24, 2.45) is 0 Å². The fourth-order valence-electron chi connectivity index (χ4n) is 1.83. The Kier molecular flexibility index (Phi) is 3.42. The van der Waals surface area contributed by atoms with E-state index in [2.05, 4.69) is 10.3 Å². The number of anilines is 2. The van der Waals surface area contributed by atoms with Crippen molar-refractivity contribution in [1.29, 1.82) is 0 Å². The highest BCUT2D eigenvalue weighted by atomic mass is 32.1. The average molecular weight is 291 g/mol. The molecule has 2 aromatic rings. The molecule has 0 saturated heterocycles. The molecule has 0 unspecified atom stereocenters. The average Bonchev–Trinajstić information content (AvgIpc) is 2.74. The zero-order valence-corrected chi connectivity index (χ0v) is 11.4. The number of nitrogens with two attached hydrogens (primary N) is 1. The number of rotatable bonds is 2. The lowest BCUT2D eigenvalue weighted by molar-refractivity contribution is 0.102. The Balaban J connectivity index is 1.77. The number of nitrogens with one attached hydrogen (secondary N) is 1. The summed E-state index contributed by atoms with van der Waals surface area (Å²) >= 11 is 1.23. The summed E-state index contributed by atoms with van der Waals surface area (Å²) < 4.78 is 11.1. The number of ether oxygens (including phenoxy) is 2. The topological polar surface area (TPSA) is 86.5 Å². The molecule has 1 amide bonds. The van der Waals surface area contributed by atoms with Gasteiger partial charge in [0.1, 0.15) is 5.69 Å². The van der Waals surface area contributed by atoms with Crippen LogP contribution in [0.25, 0.3) is 0 Å². The summed E-state index contributed by atoms with van der Waals surface area (Å²) in [6.45, 7) is 1.24. The van der Waals surface area contributed by atoms with Crippen molar-refractivity contribution in [3.63, 3.8) is 0 Å². The Hall–Kier alpha value is -2.28. The Bertz CT molecular complexity index is 642. The van der Waals surface area contributed by atoms with Gasteiger partial charge in [-0.2, -0.15) is 0 Å². The molecule has 0 atom stereocenters. The Morgan fingerprint density at radius 1 is 1.30 bits per heavy atom. The van der Waals surface area contributed by atoms with Crippen molar-refractivity contribution in [2.45, 2.75) is 6.42 Å². The van der Waals surface area contributed by atoms with Crippen LogP contribution < -0.4 is 20.5 Å². The van der Waals surface area contributed by atoms with E-state index >= 15 is 0 Å². The predicted octanol–water partition coefficient (Wildman–Crippen LogP) is 2.14. The zero-order valence-electron chi connectivity index (χ0n) is 10.6. The molecular formula is C13H13N3O3S. The number of carbonyl (C=O) groups is 1. The van der Waals surface area contributed by atoms with E-state index in [0.29, 0.717) is 41.2 Å². The molecule has 1 aliphatic heterocycles. The van der Waals surface area contributed by atoms with Crippen LogP contribution in [-0.2, 0) is 0 Å². The molecule has 104 valence electrons. The molecular weight excluding hydrogens is 278 g/mol. The molecule has 0 saturated carbocycles. The van der Waals surface area contributed by atoms with Crippen LogP contribution in [-0.4, -0.2) is 24.1 Å². The van der Waals surface area contributed by atoms with Gasteiger partial charge in [-0.1, -0.05) is 0 Å². The smallest absolute Gasteiger partial charge is 0.275 e. The number of hydrogen-bond donors (Lipinski definition) is 2. The first kappa shape index (κ1) is 12.7. The highest BCUT2D eigenvalue weighted by molar-refractivity contribution is 7.13. The second-order valence-corrected chi connectivity index (χ2v) is 5.13. The summed E-state index contributed by atoms with van der Waals surface area (Å²) in [5, 5.41) is 4.74. The number of nitrogens with zero attached hydrogens (tertiary/aromatic N) is 1. The molecule has 3 rings (SSSR count). The molecule has 0 spiro atoms. The molecule has 1 aliphatic rings. The zero-order chi connectivity index (χ0) is 13.9. The third-order valence-corrected chi connectivity index (χ3v) is 3.43. The summed E-state index contributed by atoms with van der Waals surface area (Å²) in [5.74, 6) is 1.03. The van der Waals surface area contributed by atoms with E-state index in [-0.39, 0.29) is 5.91 Å². The van der Waals surface area contributed by atoms with E-state index in [4.69, 9.17) is 15.2 Å². The standard InChI is InChI=1S/C13H13N3O3S/c14-13-16-9(7-20-13)12(17)15-8-2-3-10-11(6-8)19-5-1-4-18-10/h2-3,6-7H,1,4-5H2,(H2,14,16)(H,15,17). The van der Waals surface area contributed by atoms with E-state index in [1.54, 1.807) is 23.6 Å². The summed E-state index contributed by atoms with van der Waals surface area (Å²) in [5.41, 5.74) is 6.44. The number of benzene rings is 1. The number of aromatic nitrogens is 1. The minimum atomic E-state index is -0.299. The Morgan fingerprint density at radius 3 is 2.85 bits per heavy atom. The monoisotopic (exact) mass is 291 g/mol. The van der Waals surface area contributed by atoms with Crippen molar-refractivity contribution in [1.82, 2.24) is 4.98 Å². The molecule has 1 aromatic carbocycles. The van der Waals surface area contributed by atoms with Crippen molar-refractivity contribution in [3.8, 4) is 11.5 Å². The van der Waals surface area contributed by atoms with Gasteiger partial charge in [0.25, 0.3) is 5.91 Å². The molecule has 0 bridgehead atoms. The normalized spacial score (nSPS) is 13.6. The number of hydrogen-bond acceptors (Lipinski definition) is 6. The third kappa shape index (κ3) is 2.67. The third-order valence-electron chi connectivity index (χ3n) is 2.76. The number of amides is 1. The van der Waals surface area contributed by atoms with Crippen LogP contribution in [0.4, 0.5) is 10.8 Å². The molecule has 7 heteroatoms. The first-order valence-electron chi connectivity index (χ1n) is 6.14. The molecule has 2 heterocycles. The lowest BCUT2D eigenvalue weighted by atomic mass is 10.2. The van der Waals surface area contributed by atoms with Crippen molar-refractivity contribution in [3.05, 3.63) is 29.3 Å². The highest BCUT2D eigenvalue weighted by Crippen LogP contribution is 2.32. The summed E-state index contributed by atoms with van der Waals surface area (Å²) in [6, 6.07) is 5.29. The fourth-order valence-corrected chi connectivity index (χ4v) is 2.37. The van der Waals surface area contributed by atoms with Crippen LogP contribution in [0.5, 0.6) is 11.5 Å². The van der Waals surface area contributed by atoms with Crippen molar-refractivity contribution in [2.75, 3.05) is 24.3 Å². The minimum Gasteiger partial charge on any atom is -0.490 e. The van der Waals surface area contributed by atoms with Gasteiger partial charge < -0.3 is 20.5 Å². The van der Waals surface area contributed by atoms with E-state index in [9.17, 15) is 4.79 Å². The van der Waals surface area contributed by atoms with Gasteiger partial charge in [-0.15, -0.1) is 11.3 Å². The maximum Gasteiger partial charge on any atom is 0.275 e. The van der Waals surface area contributed by atoms with Gasteiger partial charge in [0.2, 0.25) is 0 Å². The van der Waals surface area contributed by atoms with Crippen LogP contribution in [0.15, 0.2) is 23.6 Å². The predicted molar refractivity (Wildman–Crippen MR) is 76.5 cm³/mol. The second-order valence-electron chi connectivity index (χ2n) is 4.24. The molecule has 6 nitrogen and oxygen atoms in total. The van der Waals surface area contributed by atoms with E-state index in [1.807, 2.05) is 0 Å². The quantitative estimate of drug-likeness (QED) is 0.885. The minimum absolute atomic E-state index is 0.299. The first-order chi connectivity index (χ1) is 9.72. The molecule has 1 aromatic heterocycles. The van der Waals surface area contributed by atoms with Gasteiger partial charge in [-0.25, -0.2) is 4.98 Å². The molecule has 0 radical (unpaired) electrons. The lowest BCUT2D eigenvalue weighted by Gasteiger charge is -2.09. The van der Waals surface area contributed by atoms with E-state index in [0.717, 1.165) is 6.42 Å². The molecule has 0 fully saturated rings. The summed E-state index contributed by atoms with van der Waals surface area (Å²) in [7, 11) is 0. The summed E-state index contributed by atoms with van der Waals surface area (Å²) in [6.07, 6.45) is 0.842. The maximum absolute atomic E-state index is 12.0. The largest absolute Gasteiger partial charge is 0.490 e. The van der Waals surface area contributed by atoms with Crippen molar-refractivity contribution < 1.29 is 14.3 Å². The lowest BCUT2D eigenvalue weighted by Crippen LogP contribution is -2.12. The van der Waals surface area contributed by atoms with Gasteiger partial charge in [-0.3, -0.25) is 4.79 Å². The highest BCUT2D eigenvalue weighted by Gasteiger charge is 2.14. The second kappa shape index (κ2) is 5.38.